The van der Waals surface area contributed by atoms with Crippen molar-refractivity contribution in [3.8, 4) is 0 Å². The highest BCUT2D eigenvalue weighted by Crippen LogP contribution is 2.52. The Morgan fingerprint density at radius 3 is 2.55 bits per heavy atom. The first-order chi connectivity index (χ1) is 9.66. The molecule has 0 radical (unpaired) electrons. The molecule has 3 atom stereocenters. The summed E-state index contributed by atoms with van der Waals surface area (Å²) < 4.78 is 26.9. The van der Waals surface area contributed by atoms with Crippen LogP contribution in [0, 0.1) is 17.6 Å². The van der Waals surface area contributed by atoms with Crippen molar-refractivity contribution in [2.24, 2.45) is 5.92 Å². The third-order valence-corrected chi connectivity index (χ3v) is 4.98. The minimum atomic E-state index is -0.766. The van der Waals surface area contributed by atoms with Gasteiger partial charge in [-0.2, -0.15) is 0 Å². The predicted molar refractivity (Wildman–Crippen MR) is 80.1 cm³/mol. The molecule has 0 saturated heterocycles. The van der Waals surface area contributed by atoms with Crippen LogP contribution in [0.3, 0.4) is 0 Å². The van der Waals surface area contributed by atoms with Crippen LogP contribution >= 0.6 is 15.9 Å². The fourth-order valence-electron chi connectivity index (χ4n) is 2.77. The van der Waals surface area contributed by atoms with Gasteiger partial charge in [0.2, 0.25) is 0 Å². The minimum absolute atomic E-state index is 0.184. The van der Waals surface area contributed by atoms with Gasteiger partial charge in [-0.3, -0.25) is 0 Å². The smallest absolute Gasteiger partial charge is 0.162 e. The van der Waals surface area contributed by atoms with Crippen molar-refractivity contribution < 1.29 is 8.78 Å². The molecule has 2 aromatic rings. The molecule has 0 bridgehead atoms. The molecule has 3 heteroatoms. The topological polar surface area (TPSA) is 0 Å². The highest BCUT2D eigenvalue weighted by molar-refractivity contribution is 9.09. The molecule has 2 aromatic carbocycles. The minimum Gasteiger partial charge on any atom is -0.204 e. The lowest BCUT2D eigenvalue weighted by molar-refractivity contribution is 0.496. The first kappa shape index (κ1) is 13.7. The van der Waals surface area contributed by atoms with Crippen LogP contribution in [0.25, 0.3) is 0 Å². The van der Waals surface area contributed by atoms with Crippen molar-refractivity contribution in [2.75, 3.05) is 0 Å². The maximum atomic E-state index is 13.7. The van der Waals surface area contributed by atoms with Gasteiger partial charge in [-0.05, 0) is 41.9 Å². The second kappa shape index (κ2) is 5.65. The molecule has 0 nitrogen and oxygen atoms in total. The zero-order chi connectivity index (χ0) is 14.1. The Balaban J connectivity index is 1.67. The zero-order valence-corrected chi connectivity index (χ0v) is 12.5. The van der Waals surface area contributed by atoms with Gasteiger partial charge >= 0.3 is 0 Å². The quantitative estimate of drug-likeness (QED) is 0.683. The summed E-state index contributed by atoms with van der Waals surface area (Å²) in [6.07, 6.45) is 1.63. The van der Waals surface area contributed by atoms with Gasteiger partial charge in [-0.25, -0.2) is 8.78 Å². The van der Waals surface area contributed by atoms with E-state index >= 15 is 0 Å². The SMILES string of the molecule is Fc1cccc(CC(Br)C2CC2c2ccccc2)c1F. The summed E-state index contributed by atoms with van der Waals surface area (Å²) in [6.45, 7) is 0. The normalized spacial score (nSPS) is 22.6. The number of alkyl halides is 1. The van der Waals surface area contributed by atoms with Crippen LogP contribution in [0.5, 0.6) is 0 Å². The number of benzene rings is 2. The molecule has 0 aromatic heterocycles. The lowest BCUT2D eigenvalue weighted by Crippen LogP contribution is -2.09. The molecule has 0 spiro atoms. The highest BCUT2D eigenvalue weighted by atomic mass is 79.9. The van der Waals surface area contributed by atoms with Crippen molar-refractivity contribution in [3.63, 3.8) is 0 Å². The van der Waals surface area contributed by atoms with E-state index in [2.05, 4.69) is 28.1 Å². The van der Waals surface area contributed by atoms with Crippen molar-refractivity contribution in [1.29, 1.82) is 0 Å². The molecular formula is C17H15BrF2. The van der Waals surface area contributed by atoms with E-state index in [0.717, 1.165) is 12.5 Å². The lowest BCUT2D eigenvalue weighted by atomic mass is 10.0. The summed E-state index contributed by atoms with van der Waals surface area (Å²) in [5.74, 6) is -0.441. The molecule has 3 unspecified atom stereocenters. The Morgan fingerprint density at radius 2 is 1.80 bits per heavy atom. The zero-order valence-electron chi connectivity index (χ0n) is 10.9. The van der Waals surface area contributed by atoms with Crippen molar-refractivity contribution in [2.45, 2.75) is 23.6 Å². The third kappa shape index (κ3) is 2.78. The van der Waals surface area contributed by atoms with Gasteiger partial charge in [-0.1, -0.05) is 58.4 Å². The van der Waals surface area contributed by atoms with Crippen molar-refractivity contribution in [3.05, 3.63) is 71.3 Å². The average molecular weight is 337 g/mol. The summed E-state index contributed by atoms with van der Waals surface area (Å²) >= 11 is 3.65. The van der Waals surface area contributed by atoms with Gasteiger partial charge in [0.15, 0.2) is 11.6 Å². The molecular weight excluding hydrogens is 322 g/mol. The number of hydrogen-bond donors (Lipinski definition) is 0. The third-order valence-electron chi connectivity index (χ3n) is 3.98. The Hall–Kier alpha value is -1.22. The fraction of sp³-hybridized carbons (Fsp3) is 0.294. The van der Waals surface area contributed by atoms with E-state index in [1.54, 1.807) is 12.1 Å². The Labute approximate surface area is 126 Å². The highest BCUT2D eigenvalue weighted by Gasteiger charge is 2.42. The maximum absolute atomic E-state index is 13.7. The molecule has 3 rings (SSSR count). The fourth-order valence-corrected chi connectivity index (χ4v) is 3.70. The summed E-state index contributed by atoms with van der Waals surface area (Å²) in [7, 11) is 0. The molecule has 1 aliphatic carbocycles. The van der Waals surface area contributed by atoms with Gasteiger partial charge in [0.05, 0.1) is 0 Å². The molecule has 1 aliphatic rings. The summed E-state index contributed by atoms with van der Waals surface area (Å²) in [5.41, 5.74) is 1.78. The molecule has 0 amide bonds. The largest absolute Gasteiger partial charge is 0.204 e. The van der Waals surface area contributed by atoms with E-state index in [1.165, 1.54) is 5.56 Å². The monoisotopic (exact) mass is 336 g/mol. The van der Waals surface area contributed by atoms with Gasteiger partial charge in [-0.15, -0.1) is 0 Å². The Kier molecular flexibility index (Phi) is 3.88. The number of halogens is 3. The summed E-state index contributed by atoms with van der Waals surface area (Å²) in [4.78, 5) is 0.184. The van der Waals surface area contributed by atoms with Crippen molar-refractivity contribution >= 4 is 15.9 Å². The van der Waals surface area contributed by atoms with E-state index in [9.17, 15) is 8.78 Å². The molecule has 1 fully saturated rings. The molecule has 20 heavy (non-hydrogen) atoms. The van der Waals surface area contributed by atoms with Crippen LogP contribution in [0.4, 0.5) is 8.78 Å². The Morgan fingerprint density at radius 1 is 1.05 bits per heavy atom. The summed E-state index contributed by atoms with van der Waals surface area (Å²) in [6, 6.07) is 14.7. The first-order valence-corrected chi connectivity index (χ1v) is 7.70. The van der Waals surface area contributed by atoms with Crippen LogP contribution in [-0.4, -0.2) is 4.83 Å². The van der Waals surface area contributed by atoms with Gasteiger partial charge in [0.25, 0.3) is 0 Å². The number of hydrogen-bond acceptors (Lipinski definition) is 0. The lowest BCUT2D eigenvalue weighted by Gasteiger charge is -2.11. The predicted octanol–water partition coefficient (Wildman–Crippen LogP) is 5.07. The van der Waals surface area contributed by atoms with Crippen LogP contribution < -0.4 is 0 Å². The van der Waals surface area contributed by atoms with Crippen molar-refractivity contribution in [1.82, 2.24) is 0 Å². The average Bonchev–Trinajstić information content (AvgIpc) is 3.25. The van der Waals surface area contributed by atoms with Crippen LogP contribution in [-0.2, 0) is 6.42 Å². The second-order valence-electron chi connectivity index (χ2n) is 5.35. The van der Waals surface area contributed by atoms with Gasteiger partial charge in [0.1, 0.15) is 0 Å². The molecule has 0 aliphatic heterocycles. The molecule has 104 valence electrons. The first-order valence-electron chi connectivity index (χ1n) is 6.78. The van der Waals surface area contributed by atoms with Crippen LogP contribution in [0.15, 0.2) is 48.5 Å². The molecule has 0 N–H and O–H groups in total. The molecule has 0 heterocycles. The van der Waals surface area contributed by atoms with E-state index < -0.39 is 11.6 Å². The second-order valence-corrected chi connectivity index (χ2v) is 6.53. The maximum Gasteiger partial charge on any atom is 0.162 e. The van der Waals surface area contributed by atoms with Gasteiger partial charge in [0, 0.05) is 4.83 Å². The number of rotatable bonds is 4. The Bertz CT molecular complexity index is 597. The molecule has 1 saturated carbocycles. The van der Waals surface area contributed by atoms with E-state index in [4.69, 9.17) is 0 Å². The van der Waals surface area contributed by atoms with E-state index in [-0.39, 0.29) is 4.83 Å². The summed E-state index contributed by atoms with van der Waals surface area (Å²) in [5, 5.41) is 0. The van der Waals surface area contributed by atoms with Crippen LogP contribution in [0.1, 0.15) is 23.5 Å². The van der Waals surface area contributed by atoms with E-state index in [0.29, 0.717) is 23.8 Å². The van der Waals surface area contributed by atoms with Crippen LogP contribution in [0.2, 0.25) is 0 Å². The van der Waals surface area contributed by atoms with Gasteiger partial charge < -0.3 is 0 Å². The standard InChI is InChI=1S/C17H15BrF2/c18-15(9-12-7-4-8-16(19)17(12)20)14-10-13(14)11-5-2-1-3-6-11/h1-8,13-15H,9-10H2. The van der Waals surface area contributed by atoms with E-state index in [1.807, 2.05) is 18.2 Å².